The van der Waals surface area contributed by atoms with Crippen molar-refractivity contribution in [2.45, 2.75) is 0 Å². The molecule has 13 heavy (non-hydrogen) atoms. The first-order valence-electron chi connectivity index (χ1n) is 3.24. The molecule has 0 aliphatic carbocycles. The number of nitro groups is 1. The molecule has 0 aromatic carbocycles. The van der Waals surface area contributed by atoms with E-state index in [2.05, 4.69) is 16.8 Å². The van der Waals surface area contributed by atoms with Gasteiger partial charge in [0, 0.05) is 12.0 Å². The van der Waals surface area contributed by atoms with Crippen LogP contribution in [0.15, 0.2) is 18.3 Å². The summed E-state index contributed by atoms with van der Waals surface area (Å²) < 4.78 is 0. The van der Waals surface area contributed by atoms with Crippen LogP contribution < -0.4 is 0 Å². The first-order valence-corrected chi connectivity index (χ1v) is 3.24. The third-order valence-electron chi connectivity index (χ3n) is 1.20. The van der Waals surface area contributed by atoms with E-state index in [0.29, 0.717) is 5.56 Å². The molecule has 0 aliphatic heterocycles. The maximum atomic E-state index is 10.2. The Hall–Kier alpha value is -2.40. The van der Waals surface area contributed by atoms with Crippen LogP contribution in [0.5, 0.6) is 0 Å². The molecule has 0 aliphatic rings. The quantitative estimate of drug-likeness (QED) is 0.358. The second kappa shape index (κ2) is 3.84. The van der Waals surface area contributed by atoms with Crippen LogP contribution in [0.25, 0.3) is 0 Å². The van der Waals surface area contributed by atoms with E-state index in [0.717, 1.165) is 0 Å². The fraction of sp³-hybridized carbons (Fsp3) is 0. The molecule has 0 saturated carbocycles. The second-order valence-electron chi connectivity index (χ2n) is 2.02. The summed E-state index contributed by atoms with van der Waals surface area (Å²) in [6, 6.07) is 4.31. The molecule has 1 aromatic heterocycles. The largest absolute Gasteiger partial charge is 0.363 e. The Kier molecular flexibility index (Phi) is 2.57. The molecule has 62 valence electrons. The van der Waals surface area contributed by atoms with Crippen LogP contribution in [0.4, 0.5) is 5.82 Å². The van der Waals surface area contributed by atoms with Gasteiger partial charge in [-0.25, -0.2) is 0 Å². The van der Waals surface area contributed by atoms with Gasteiger partial charge in [0.2, 0.25) is 0 Å². The van der Waals surface area contributed by atoms with Crippen LogP contribution >= 0.6 is 0 Å². The van der Waals surface area contributed by atoms with E-state index >= 15 is 0 Å². The molecule has 0 atom stereocenters. The van der Waals surface area contributed by atoms with Gasteiger partial charge in [0.15, 0.2) is 12.3 Å². The van der Waals surface area contributed by atoms with Crippen molar-refractivity contribution in [1.29, 1.82) is 5.26 Å². The summed E-state index contributed by atoms with van der Waals surface area (Å²) in [5.41, 5.74) is 0.479. The minimum absolute atomic E-state index is 0.234. The lowest BCUT2D eigenvalue weighted by atomic mass is 10.3. The van der Waals surface area contributed by atoms with Gasteiger partial charge in [-0.3, -0.25) is 0 Å². The van der Waals surface area contributed by atoms with E-state index in [1.165, 1.54) is 18.3 Å². The number of nitriles is 1. The van der Waals surface area contributed by atoms with Gasteiger partial charge in [-0.15, -0.1) is 0 Å². The first kappa shape index (κ1) is 8.69. The van der Waals surface area contributed by atoms with Crippen molar-refractivity contribution < 1.29 is 4.92 Å². The second-order valence-corrected chi connectivity index (χ2v) is 2.02. The number of rotatable bonds is 1. The van der Waals surface area contributed by atoms with Gasteiger partial charge in [-0.2, -0.15) is 5.26 Å². The molecule has 1 heterocycles. The average Bonchev–Trinajstić information content (AvgIpc) is 2.15. The van der Waals surface area contributed by atoms with Crippen molar-refractivity contribution in [3.05, 3.63) is 34.0 Å². The Morgan fingerprint density at radius 2 is 2.31 bits per heavy atom. The van der Waals surface area contributed by atoms with Crippen molar-refractivity contribution in [1.82, 2.24) is 4.98 Å². The normalized spacial score (nSPS) is 7.92. The van der Waals surface area contributed by atoms with Gasteiger partial charge in [-0.1, -0.05) is 0 Å². The van der Waals surface area contributed by atoms with E-state index in [1.807, 2.05) is 0 Å². The SMILES string of the molecule is N#CC#Cc1ccc([N+](=O)[O-])nc1. The predicted octanol–water partition coefficient (Wildman–Crippen LogP) is 0.865. The van der Waals surface area contributed by atoms with E-state index in [1.54, 1.807) is 6.07 Å². The highest BCUT2D eigenvalue weighted by Crippen LogP contribution is 2.05. The van der Waals surface area contributed by atoms with Crippen LogP contribution in [0.1, 0.15) is 5.56 Å². The molecule has 0 fully saturated rings. The zero-order valence-corrected chi connectivity index (χ0v) is 6.39. The summed E-state index contributed by atoms with van der Waals surface area (Å²) in [7, 11) is 0. The Morgan fingerprint density at radius 3 is 2.77 bits per heavy atom. The number of hydrogen-bond donors (Lipinski definition) is 0. The van der Waals surface area contributed by atoms with Gasteiger partial charge < -0.3 is 10.1 Å². The van der Waals surface area contributed by atoms with Gasteiger partial charge in [-0.05, 0) is 21.9 Å². The number of pyridine rings is 1. The lowest BCUT2D eigenvalue weighted by Gasteiger charge is -1.89. The third-order valence-corrected chi connectivity index (χ3v) is 1.20. The number of hydrogen-bond acceptors (Lipinski definition) is 4. The van der Waals surface area contributed by atoms with Crippen molar-refractivity contribution >= 4 is 5.82 Å². The van der Waals surface area contributed by atoms with Crippen LogP contribution in [0, 0.1) is 33.3 Å². The molecule has 0 amide bonds. The Bertz CT molecular complexity index is 419. The summed E-state index contributed by atoms with van der Waals surface area (Å²) in [5.74, 6) is 4.39. The molecular weight excluding hydrogens is 170 g/mol. The fourth-order valence-electron chi connectivity index (χ4n) is 0.668. The molecule has 0 bridgehead atoms. The molecule has 0 saturated heterocycles. The first-order chi connectivity index (χ1) is 6.24. The number of nitrogens with zero attached hydrogens (tertiary/aromatic N) is 3. The lowest BCUT2D eigenvalue weighted by molar-refractivity contribution is -0.389. The van der Waals surface area contributed by atoms with Crippen molar-refractivity contribution in [3.8, 4) is 17.9 Å². The third kappa shape index (κ3) is 2.28. The monoisotopic (exact) mass is 173 g/mol. The van der Waals surface area contributed by atoms with Gasteiger partial charge in [0.05, 0.1) is 5.56 Å². The zero-order chi connectivity index (χ0) is 9.68. The number of aromatic nitrogens is 1. The van der Waals surface area contributed by atoms with Crippen LogP contribution in [0.3, 0.4) is 0 Å². The summed E-state index contributed by atoms with van der Waals surface area (Å²) in [6.45, 7) is 0. The topological polar surface area (TPSA) is 79.8 Å². The Morgan fingerprint density at radius 1 is 1.54 bits per heavy atom. The summed E-state index contributed by atoms with van der Waals surface area (Å²) in [4.78, 5) is 13.1. The highest BCUT2D eigenvalue weighted by Gasteiger charge is 2.04. The van der Waals surface area contributed by atoms with Crippen molar-refractivity contribution in [3.63, 3.8) is 0 Å². The molecule has 0 N–H and O–H groups in total. The van der Waals surface area contributed by atoms with E-state index in [9.17, 15) is 10.1 Å². The zero-order valence-electron chi connectivity index (χ0n) is 6.39. The van der Waals surface area contributed by atoms with Gasteiger partial charge in [0.1, 0.15) is 0 Å². The van der Waals surface area contributed by atoms with Crippen LogP contribution in [-0.4, -0.2) is 9.91 Å². The molecule has 1 rings (SSSR count). The lowest BCUT2D eigenvalue weighted by Crippen LogP contribution is -1.91. The molecular formula is C8H3N3O2. The standard InChI is InChI=1S/C8H3N3O2/c9-5-1-2-7-3-4-8(10-6-7)11(12)13/h3-4,6H. The predicted molar refractivity (Wildman–Crippen MR) is 43.4 cm³/mol. The van der Waals surface area contributed by atoms with Gasteiger partial charge in [0.25, 0.3) is 0 Å². The van der Waals surface area contributed by atoms with Crippen LogP contribution in [-0.2, 0) is 0 Å². The van der Waals surface area contributed by atoms with Crippen molar-refractivity contribution in [2.24, 2.45) is 0 Å². The Labute approximate surface area is 73.8 Å². The maximum Gasteiger partial charge on any atom is 0.363 e. The van der Waals surface area contributed by atoms with E-state index < -0.39 is 4.92 Å². The summed E-state index contributed by atoms with van der Waals surface area (Å²) in [5, 5.41) is 18.3. The smallest absolute Gasteiger partial charge is 0.358 e. The Balaban J connectivity index is 2.95. The highest BCUT2D eigenvalue weighted by atomic mass is 16.6. The van der Waals surface area contributed by atoms with E-state index in [-0.39, 0.29) is 5.82 Å². The van der Waals surface area contributed by atoms with E-state index in [4.69, 9.17) is 5.26 Å². The highest BCUT2D eigenvalue weighted by molar-refractivity contribution is 5.38. The molecule has 1 aromatic rings. The molecule has 0 spiro atoms. The van der Waals surface area contributed by atoms with Crippen LogP contribution in [0.2, 0.25) is 0 Å². The molecule has 0 unspecified atom stereocenters. The summed E-state index contributed by atoms with van der Waals surface area (Å²) in [6.07, 6.45) is 1.25. The van der Waals surface area contributed by atoms with Crippen molar-refractivity contribution in [2.75, 3.05) is 0 Å². The average molecular weight is 173 g/mol. The minimum Gasteiger partial charge on any atom is -0.358 e. The fourth-order valence-corrected chi connectivity index (χ4v) is 0.668. The minimum atomic E-state index is -0.596. The van der Waals surface area contributed by atoms with Gasteiger partial charge >= 0.3 is 5.82 Å². The summed E-state index contributed by atoms with van der Waals surface area (Å²) >= 11 is 0. The molecule has 0 radical (unpaired) electrons. The molecule has 5 nitrogen and oxygen atoms in total. The maximum absolute atomic E-state index is 10.2. The molecule has 5 heteroatoms.